The normalized spacial score (nSPS) is 13.9. The molecule has 7 nitrogen and oxygen atoms in total. The Hall–Kier alpha value is -1.54. The van der Waals surface area contributed by atoms with Crippen molar-refractivity contribution in [1.29, 1.82) is 0 Å². The van der Waals surface area contributed by atoms with Crippen LogP contribution in [0.15, 0.2) is 18.2 Å². The molecule has 0 aliphatic carbocycles. The van der Waals surface area contributed by atoms with E-state index in [1.807, 2.05) is 0 Å². The van der Waals surface area contributed by atoms with Crippen molar-refractivity contribution in [2.75, 3.05) is 39.3 Å². The van der Waals surface area contributed by atoms with Crippen LogP contribution in [0.1, 0.15) is 10.4 Å². The molecule has 0 atom stereocenters. The molecule has 1 saturated heterocycles. The third-order valence-electron chi connectivity index (χ3n) is 3.65. The number of benzene rings is 1. The highest BCUT2D eigenvalue weighted by atomic mass is 35.5. The molecule has 138 valence electrons. The van der Waals surface area contributed by atoms with Gasteiger partial charge in [0.25, 0.3) is 5.91 Å². The van der Waals surface area contributed by atoms with Gasteiger partial charge in [-0.1, -0.05) is 23.2 Å². The zero-order valence-electron chi connectivity index (χ0n) is 13.3. The van der Waals surface area contributed by atoms with Gasteiger partial charge in [0.15, 0.2) is 0 Å². The number of rotatable bonds is 4. The Labute approximate surface area is 161 Å². The Morgan fingerprint density at radius 1 is 1.00 bits per heavy atom. The van der Waals surface area contributed by atoms with Gasteiger partial charge in [0, 0.05) is 41.8 Å². The molecule has 10 heteroatoms. The topological polar surface area (TPSA) is 95.7 Å². The molecule has 0 radical (unpaired) electrons. The molecule has 3 amide bonds. The number of hydrogen-bond donors (Lipinski definition) is 2. The largest absolute Gasteiger partial charge is 0.346 e. The van der Waals surface area contributed by atoms with Gasteiger partial charge in [-0.25, -0.2) is 0 Å². The molecule has 25 heavy (non-hydrogen) atoms. The van der Waals surface area contributed by atoms with Crippen LogP contribution in [-0.2, 0) is 9.59 Å². The standard InChI is InChI=1S/C15H18Cl2N4O3.ClH/c16-11-5-10(6-12(17)7-11)15(24)21-3-1-20(2-4-21)14(23)9-19-13(22)8-18;/h5-7H,1-4,8-9,18H2,(H,19,22);1H. The van der Waals surface area contributed by atoms with Gasteiger partial charge in [-0.2, -0.15) is 0 Å². The van der Waals surface area contributed by atoms with E-state index in [2.05, 4.69) is 5.32 Å². The van der Waals surface area contributed by atoms with Gasteiger partial charge in [0.1, 0.15) is 0 Å². The van der Waals surface area contributed by atoms with Crippen LogP contribution in [0.3, 0.4) is 0 Å². The van der Waals surface area contributed by atoms with Crippen LogP contribution < -0.4 is 11.1 Å². The van der Waals surface area contributed by atoms with Gasteiger partial charge in [0.2, 0.25) is 11.8 Å². The summed E-state index contributed by atoms with van der Waals surface area (Å²) < 4.78 is 0. The predicted molar refractivity (Wildman–Crippen MR) is 98.3 cm³/mol. The third kappa shape index (κ3) is 6.04. The first kappa shape index (κ1) is 21.5. The van der Waals surface area contributed by atoms with Gasteiger partial charge >= 0.3 is 0 Å². The summed E-state index contributed by atoms with van der Waals surface area (Å²) in [7, 11) is 0. The Morgan fingerprint density at radius 3 is 2.04 bits per heavy atom. The van der Waals surface area contributed by atoms with Gasteiger partial charge in [-0.15, -0.1) is 12.4 Å². The highest BCUT2D eigenvalue weighted by molar-refractivity contribution is 6.35. The van der Waals surface area contributed by atoms with E-state index in [0.717, 1.165) is 0 Å². The Morgan fingerprint density at radius 2 is 1.52 bits per heavy atom. The van der Waals surface area contributed by atoms with Crippen molar-refractivity contribution in [2.24, 2.45) is 5.73 Å². The van der Waals surface area contributed by atoms with Crippen molar-refractivity contribution < 1.29 is 14.4 Å². The summed E-state index contributed by atoms with van der Waals surface area (Å²) in [5.41, 5.74) is 5.58. The fourth-order valence-electron chi connectivity index (χ4n) is 2.38. The molecule has 1 fully saturated rings. The average molecular weight is 410 g/mol. The molecule has 0 saturated carbocycles. The monoisotopic (exact) mass is 408 g/mol. The molecular weight excluding hydrogens is 391 g/mol. The van der Waals surface area contributed by atoms with Gasteiger partial charge < -0.3 is 20.9 Å². The molecule has 1 heterocycles. The molecule has 0 aromatic heterocycles. The van der Waals surface area contributed by atoms with Crippen LogP contribution in [0, 0.1) is 0 Å². The van der Waals surface area contributed by atoms with E-state index < -0.39 is 0 Å². The van der Waals surface area contributed by atoms with Gasteiger partial charge in [-0.05, 0) is 18.2 Å². The van der Waals surface area contributed by atoms with Crippen LogP contribution in [0.5, 0.6) is 0 Å². The third-order valence-corrected chi connectivity index (χ3v) is 4.09. The van der Waals surface area contributed by atoms with Gasteiger partial charge in [0.05, 0.1) is 13.1 Å². The van der Waals surface area contributed by atoms with Crippen LogP contribution >= 0.6 is 35.6 Å². The number of hydrogen-bond acceptors (Lipinski definition) is 4. The molecule has 0 bridgehead atoms. The summed E-state index contributed by atoms with van der Waals surface area (Å²) in [5.74, 6) is -0.757. The summed E-state index contributed by atoms with van der Waals surface area (Å²) >= 11 is 11.8. The number of nitrogens with one attached hydrogen (secondary N) is 1. The number of nitrogens with zero attached hydrogens (tertiary/aromatic N) is 2. The zero-order chi connectivity index (χ0) is 17.7. The first-order valence-electron chi connectivity index (χ1n) is 7.40. The van der Waals surface area contributed by atoms with E-state index in [4.69, 9.17) is 28.9 Å². The average Bonchev–Trinajstić information content (AvgIpc) is 2.58. The van der Waals surface area contributed by atoms with Crippen LogP contribution in [-0.4, -0.2) is 66.8 Å². The maximum atomic E-state index is 12.5. The molecule has 0 unspecified atom stereocenters. The lowest BCUT2D eigenvalue weighted by Crippen LogP contribution is -2.52. The number of amides is 3. The number of carbonyl (C=O) groups is 3. The minimum atomic E-state index is -0.380. The van der Waals surface area contributed by atoms with E-state index in [9.17, 15) is 14.4 Å². The second kappa shape index (κ2) is 9.82. The van der Waals surface area contributed by atoms with Crippen molar-refractivity contribution in [1.82, 2.24) is 15.1 Å². The minimum absolute atomic E-state index is 0. The molecular formula is C15H19Cl3N4O3. The lowest BCUT2D eigenvalue weighted by Gasteiger charge is -2.35. The quantitative estimate of drug-likeness (QED) is 0.768. The number of halogens is 3. The Kier molecular flexibility index (Phi) is 8.44. The van der Waals surface area contributed by atoms with Gasteiger partial charge in [-0.3, -0.25) is 14.4 Å². The second-order valence-corrected chi connectivity index (χ2v) is 6.18. The second-order valence-electron chi connectivity index (χ2n) is 5.31. The van der Waals surface area contributed by atoms with E-state index in [1.54, 1.807) is 28.0 Å². The Balaban J connectivity index is 0.00000312. The zero-order valence-corrected chi connectivity index (χ0v) is 15.7. The number of carbonyl (C=O) groups excluding carboxylic acids is 3. The SMILES string of the molecule is Cl.NCC(=O)NCC(=O)N1CCN(C(=O)c2cc(Cl)cc(Cl)c2)CC1. The smallest absolute Gasteiger partial charge is 0.254 e. The summed E-state index contributed by atoms with van der Waals surface area (Å²) in [4.78, 5) is 38.8. The van der Waals surface area contributed by atoms with Crippen molar-refractivity contribution in [3.8, 4) is 0 Å². The predicted octanol–water partition coefficient (Wildman–Crippen LogP) is 0.775. The molecule has 1 aliphatic heterocycles. The highest BCUT2D eigenvalue weighted by Crippen LogP contribution is 2.20. The summed E-state index contributed by atoms with van der Waals surface area (Å²) in [5, 5.41) is 3.23. The van der Waals surface area contributed by atoms with Crippen LogP contribution in [0.25, 0.3) is 0 Å². The van der Waals surface area contributed by atoms with Crippen molar-refractivity contribution >= 4 is 53.3 Å². The minimum Gasteiger partial charge on any atom is -0.346 e. The fraction of sp³-hybridized carbons (Fsp3) is 0.400. The van der Waals surface area contributed by atoms with Crippen molar-refractivity contribution in [2.45, 2.75) is 0 Å². The molecule has 2 rings (SSSR count). The lowest BCUT2D eigenvalue weighted by atomic mass is 10.2. The van der Waals surface area contributed by atoms with Crippen molar-refractivity contribution in [3.63, 3.8) is 0 Å². The molecule has 1 aliphatic rings. The summed E-state index contributed by atoms with van der Waals surface area (Å²) in [6, 6.07) is 4.69. The lowest BCUT2D eigenvalue weighted by molar-refractivity contribution is -0.133. The Bertz CT molecular complexity index is 629. The van der Waals surface area contributed by atoms with E-state index in [0.29, 0.717) is 41.8 Å². The summed E-state index contributed by atoms with van der Waals surface area (Å²) in [6.45, 7) is 1.36. The maximum Gasteiger partial charge on any atom is 0.254 e. The fourth-order valence-corrected chi connectivity index (χ4v) is 2.90. The molecule has 0 spiro atoms. The van der Waals surface area contributed by atoms with Crippen LogP contribution in [0.2, 0.25) is 10.0 Å². The highest BCUT2D eigenvalue weighted by Gasteiger charge is 2.25. The van der Waals surface area contributed by atoms with E-state index in [-0.39, 0.29) is 43.2 Å². The maximum absolute atomic E-state index is 12.5. The number of piperazine rings is 1. The van der Waals surface area contributed by atoms with Crippen LogP contribution in [0.4, 0.5) is 0 Å². The summed E-state index contributed by atoms with van der Waals surface area (Å²) in [6.07, 6.45) is 0. The van der Waals surface area contributed by atoms with Crippen molar-refractivity contribution in [3.05, 3.63) is 33.8 Å². The molecule has 3 N–H and O–H groups in total. The van der Waals surface area contributed by atoms with E-state index in [1.165, 1.54) is 0 Å². The number of nitrogens with two attached hydrogens (primary N) is 1. The first-order chi connectivity index (χ1) is 11.4. The first-order valence-corrected chi connectivity index (χ1v) is 8.16. The molecule has 1 aromatic carbocycles. The van der Waals surface area contributed by atoms with E-state index >= 15 is 0 Å². The molecule has 1 aromatic rings.